The molecule has 0 saturated heterocycles. The molecule has 0 aromatic carbocycles. The lowest BCUT2D eigenvalue weighted by molar-refractivity contribution is -0.138. The van der Waals surface area contributed by atoms with Crippen molar-refractivity contribution in [3.63, 3.8) is 0 Å². The summed E-state index contributed by atoms with van der Waals surface area (Å²) in [5, 5.41) is 3.17. The summed E-state index contributed by atoms with van der Waals surface area (Å²) in [6.45, 7) is 6.88. The molecule has 18 heavy (non-hydrogen) atoms. The first kappa shape index (κ1) is 17.7. The largest absolute Gasteiger partial charge is 0.389 e. The molecule has 0 aliphatic carbocycles. The summed E-state index contributed by atoms with van der Waals surface area (Å²) in [6.07, 6.45) is -3.97. The predicted molar refractivity (Wildman–Crippen MR) is 64.7 cm³/mol. The minimum absolute atomic E-state index is 0.0260. The zero-order valence-electron chi connectivity index (χ0n) is 11.2. The first-order valence-corrected chi connectivity index (χ1v) is 6.42. The fourth-order valence-corrected chi connectivity index (χ4v) is 1.36. The van der Waals surface area contributed by atoms with Crippen molar-refractivity contribution in [2.24, 2.45) is 0 Å². The second-order valence-electron chi connectivity index (χ2n) is 4.15. The van der Waals surface area contributed by atoms with Crippen molar-refractivity contribution in [1.82, 2.24) is 5.32 Å². The van der Waals surface area contributed by atoms with Crippen molar-refractivity contribution in [3.05, 3.63) is 0 Å². The molecule has 0 saturated carbocycles. The zero-order chi connectivity index (χ0) is 13.9. The number of halogens is 3. The van der Waals surface area contributed by atoms with E-state index in [0.29, 0.717) is 6.54 Å². The molecule has 6 heteroatoms. The maximum atomic E-state index is 11.9. The van der Waals surface area contributed by atoms with Gasteiger partial charge < -0.3 is 14.8 Å². The van der Waals surface area contributed by atoms with Crippen LogP contribution < -0.4 is 5.32 Å². The van der Waals surface area contributed by atoms with Gasteiger partial charge in [-0.3, -0.25) is 0 Å². The van der Waals surface area contributed by atoms with Crippen LogP contribution in [0.2, 0.25) is 0 Å². The standard InChI is InChI=1S/C12H24F3NO2/c1-3-17-8-5-7-16-10-11(2)18-9-4-6-12(13,14)15/h11,16H,3-10H2,1-2H3. The molecule has 0 aromatic heterocycles. The van der Waals surface area contributed by atoms with Gasteiger partial charge in [0.25, 0.3) is 0 Å². The normalized spacial score (nSPS) is 13.8. The summed E-state index contributed by atoms with van der Waals surface area (Å²) in [6, 6.07) is 0. The number of ether oxygens (including phenoxy) is 2. The van der Waals surface area contributed by atoms with Crippen molar-refractivity contribution in [3.8, 4) is 0 Å². The van der Waals surface area contributed by atoms with Crippen LogP contribution in [0.5, 0.6) is 0 Å². The highest BCUT2D eigenvalue weighted by atomic mass is 19.4. The highest BCUT2D eigenvalue weighted by Crippen LogP contribution is 2.21. The van der Waals surface area contributed by atoms with E-state index in [1.165, 1.54) is 0 Å². The topological polar surface area (TPSA) is 30.5 Å². The molecule has 0 fully saturated rings. The smallest absolute Gasteiger partial charge is 0.382 e. The van der Waals surface area contributed by atoms with Crippen LogP contribution in [0.15, 0.2) is 0 Å². The quantitative estimate of drug-likeness (QED) is 0.586. The maximum absolute atomic E-state index is 11.9. The minimum atomic E-state index is -4.08. The molecular formula is C12H24F3NO2. The van der Waals surface area contributed by atoms with Gasteiger partial charge in [-0.1, -0.05) is 0 Å². The third-order valence-corrected chi connectivity index (χ3v) is 2.29. The molecule has 0 spiro atoms. The highest BCUT2D eigenvalue weighted by molar-refractivity contribution is 4.56. The third kappa shape index (κ3) is 13.7. The fraction of sp³-hybridized carbons (Fsp3) is 1.00. The molecule has 1 atom stereocenters. The van der Waals surface area contributed by atoms with Crippen molar-refractivity contribution in [2.45, 2.75) is 45.4 Å². The first-order valence-electron chi connectivity index (χ1n) is 6.42. The molecule has 0 aliphatic rings. The Labute approximate surface area is 107 Å². The van der Waals surface area contributed by atoms with Gasteiger partial charge in [0, 0.05) is 32.8 Å². The summed E-state index contributed by atoms with van der Waals surface area (Å²) in [4.78, 5) is 0. The Hall–Kier alpha value is -0.330. The Morgan fingerprint density at radius 3 is 2.50 bits per heavy atom. The summed E-state index contributed by atoms with van der Waals surface area (Å²) in [7, 11) is 0. The zero-order valence-corrected chi connectivity index (χ0v) is 11.2. The molecule has 0 amide bonds. The average Bonchev–Trinajstić information content (AvgIpc) is 2.28. The molecule has 3 nitrogen and oxygen atoms in total. The minimum Gasteiger partial charge on any atom is -0.382 e. The third-order valence-electron chi connectivity index (χ3n) is 2.29. The monoisotopic (exact) mass is 271 g/mol. The van der Waals surface area contributed by atoms with Crippen LogP contribution in [0.25, 0.3) is 0 Å². The van der Waals surface area contributed by atoms with E-state index in [4.69, 9.17) is 9.47 Å². The molecular weight excluding hydrogens is 247 g/mol. The van der Waals surface area contributed by atoms with E-state index in [-0.39, 0.29) is 19.1 Å². The molecule has 0 heterocycles. The van der Waals surface area contributed by atoms with Crippen molar-refractivity contribution in [1.29, 1.82) is 0 Å². The second-order valence-corrected chi connectivity index (χ2v) is 4.15. The van der Waals surface area contributed by atoms with Crippen LogP contribution in [0.1, 0.15) is 33.1 Å². The van der Waals surface area contributed by atoms with Gasteiger partial charge in [0.05, 0.1) is 6.10 Å². The van der Waals surface area contributed by atoms with E-state index in [2.05, 4.69) is 5.32 Å². The Bertz CT molecular complexity index is 189. The van der Waals surface area contributed by atoms with Crippen LogP contribution in [0.4, 0.5) is 13.2 Å². The molecule has 0 aromatic rings. The van der Waals surface area contributed by atoms with Gasteiger partial charge in [0.2, 0.25) is 0 Å². The molecule has 0 bridgehead atoms. The lowest BCUT2D eigenvalue weighted by Crippen LogP contribution is -2.28. The first-order chi connectivity index (χ1) is 8.45. The van der Waals surface area contributed by atoms with Crippen molar-refractivity contribution in [2.75, 3.05) is 32.9 Å². The van der Waals surface area contributed by atoms with Gasteiger partial charge in [-0.05, 0) is 33.2 Å². The molecule has 1 unspecified atom stereocenters. The molecule has 0 radical (unpaired) electrons. The molecule has 110 valence electrons. The van der Waals surface area contributed by atoms with E-state index in [1.54, 1.807) is 0 Å². The van der Waals surface area contributed by atoms with Gasteiger partial charge >= 0.3 is 6.18 Å². The fourth-order valence-electron chi connectivity index (χ4n) is 1.36. The van der Waals surface area contributed by atoms with E-state index in [1.807, 2.05) is 13.8 Å². The van der Waals surface area contributed by atoms with E-state index in [9.17, 15) is 13.2 Å². The van der Waals surface area contributed by atoms with Crippen LogP contribution in [-0.4, -0.2) is 45.2 Å². The van der Waals surface area contributed by atoms with E-state index in [0.717, 1.165) is 26.2 Å². The lowest BCUT2D eigenvalue weighted by atomic mass is 10.3. The summed E-state index contributed by atoms with van der Waals surface area (Å²) >= 11 is 0. The number of hydrogen-bond donors (Lipinski definition) is 1. The van der Waals surface area contributed by atoms with Crippen LogP contribution in [-0.2, 0) is 9.47 Å². The van der Waals surface area contributed by atoms with Gasteiger partial charge in [0.15, 0.2) is 0 Å². The number of hydrogen-bond acceptors (Lipinski definition) is 3. The SMILES string of the molecule is CCOCCCNCC(C)OCCCC(F)(F)F. The summed E-state index contributed by atoms with van der Waals surface area (Å²) in [5.74, 6) is 0. The Morgan fingerprint density at radius 1 is 1.17 bits per heavy atom. The van der Waals surface area contributed by atoms with Crippen LogP contribution >= 0.6 is 0 Å². The maximum Gasteiger partial charge on any atom is 0.389 e. The van der Waals surface area contributed by atoms with Gasteiger partial charge in [-0.15, -0.1) is 0 Å². The Kier molecular flexibility index (Phi) is 10.4. The second kappa shape index (κ2) is 10.6. The van der Waals surface area contributed by atoms with Gasteiger partial charge in [-0.2, -0.15) is 13.2 Å². The number of alkyl halides is 3. The lowest BCUT2D eigenvalue weighted by Gasteiger charge is -2.14. The van der Waals surface area contributed by atoms with Crippen LogP contribution in [0.3, 0.4) is 0 Å². The molecule has 1 N–H and O–H groups in total. The van der Waals surface area contributed by atoms with Gasteiger partial charge in [0.1, 0.15) is 0 Å². The number of rotatable bonds is 11. The van der Waals surface area contributed by atoms with Gasteiger partial charge in [-0.25, -0.2) is 0 Å². The summed E-state index contributed by atoms with van der Waals surface area (Å²) < 4.78 is 46.0. The van der Waals surface area contributed by atoms with E-state index < -0.39 is 12.6 Å². The Balaban J connectivity index is 3.25. The highest BCUT2D eigenvalue weighted by Gasteiger charge is 2.26. The number of nitrogens with one attached hydrogen (secondary N) is 1. The van der Waals surface area contributed by atoms with Crippen molar-refractivity contribution < 1.29 is 22.6 Å². The predicted octanol–water partition coefficient (Wildman–Crippen LogP) is 2.75. The van der Waals surface area contributed by atoms with Crippen molar-refractivity contribution >= 4 is 0 Å². The van der Waals surface area contributed by atoms with Crippen LogP contribution in [0, 0.1) is 0 Å². The molecule has 0 rings (SSSR count). The average molecular weight is 271 g/mol. The Morgan fingerprint density at radius 2 is 1.89 bits per heavy atom. The molecule has 0 aliphatic heterocycles. The summed E-state index contributed by atoms with van der Waals surface area (Å²) in [5.41, 5.74) is 0. The van der Waals surface area contributed by atoms with E-state index >= 15 is 0 Å².